The molecule has 3 aromatic rings. The number of hydrogen-bond donors (Lipinski definition) is 2. The number of anilines is 1. The Balaban J connectivity index is 1.95. The van der Waals surface area contributed by atoms with Gasteiger partial charge in [-0.15, -0.1) is 0 Å². The molecule has 0 bridgehead atoms. The molecule has 3 N–H and O–H groups in total. The van der Waals surface area contributed by atoms with Crippen molar-refractivity contribution >= 4 is 25.7 Å². The van der Waals surface area contributed by atoms with E-state index in [0.717, 1.165) is 0 Å². The van der Waals surface area contributed by atoms with Gasteiger partial charge in [0.05, 0.1) is 16.0 Å². The van der Waals surface area contributed by atoms with E-state index in [4.69, 9.17) is 9.56 Å². The lowest BCUT2D eigenvalue weighted by Crippen LogP contribution is -2.15. The van der Waals surface area contributed by atoms with Crippen molar-refractivity contribution in [2.75, 3.05) is 4.72 Å². The molecule has 0 fully saturated rings. The molecule has 0 saturated heterocycles. The van der Waals surface area contributed by atoms with Crippen LogP contribution in [0.4, 0.5) is 5.69 Å². The van der Waals surface area contributed by atoms with Crippen molar-refractivity contribution in [1.29, 1.82) is 0 Å². The molecule has 8 nitrogen and oxygen atoms in total. The van der Waals surface area contributed by atoms with Crippen LogP contribution < -0.4 is 9.86 Å². The summed E-state index contributed by atoms with van der Waals surface area (Å²) in [4.78, 5) is 3.98. The minimum Gasteiger partial charge on any atom is -0.441 e. The minimum atomic E-state index is -3.91. The number of aryl methyl sites for hydroxylation is 2. The Morgan fingerprint density at radius 2 is 1.67 bits per heavy atom. The van der Waals surface area contributed by atoms with E-state index in [1.165, 1.54) is 36.5 Å². The molecule has 0 atom stereocenters. The summed E-state index contributed by atoms with van der Waals surface area (Å²) in [6.07, 6.45) is 1.52. The van der Waals surface area contributed by atoms with Crippen LogP contribution in [0, 0.1) is 13.8 Å². The van der Waals surface area contributed by atoms with Crippen LogP contribution in [0.1, 0.15) is 11.5 Å². The van der Waals surface area contributed by atoms with Gasteiger partial charge in [-0.2, -0.15) is 0 Å². The summed E-state index contributed by atoms with van der Waals surface area (Å²) in [5.41, 5.74) is 1.33. The maximum atomic E-state index is 12.8. The van der Waals surface area contributed by atoms with Crippen molar-refractivity contribution in [3.63, 3.8) is 0 Å². The second-order valence-corrected chi connectivity index (χ2v) is 9.11. The van der Waals surface area contributed by atoms with E-state index < -0.39 is 20.0 Å². The number of nitrogens with one attached hydrogen (secondary N) is 1. The fourth-order valence-electron chi connectivity index (χ4n) is 2.46. The third kappa shape index (κ3) is 4.18. The van der Waals surface area contributed by atoms with Gasteiger partial charge < -0.3 is 4.42 Å². The van der Waals surface area contributed by atoms with Gasteiger partial charge in [-0.3, -0.25) is 4.72 Å². The number of nitrogens with zero attached hydrogens (tertiary/aromatic N) is 1. The Morgan fingerprint density at radius 1 is 1.00 bits per heavy atom. The number of oxazole rings is 1. The van der Waals surface area contributed by atoms with Crippen LogP contribution in [0.25, 0.3) is 11.3 Å². The van der Waals surface area contributed by atoms with E-state index in [9.17, 15) is 16.8 Å². The molecule has 1 aromatic heterocycles. The summed E-state index contributed by atoms with van der Waals surface area (Å²) >= 11 is 0. The first-order valence-corrected chi connectivity index (χ1v) is 10.8. The zero-order valence-electron chi connectivity index (χ0n) is 14.5. The van der Waals surface area contributed by atoms with Crippen LogP contribution >= 0.6 is 0 Å². The topological polar surface area (TPSA) is 132 Å². The SMILES string of the molecule is Cc1ncc(-c2ccc(C)c(S(=O)(=O)Nc3ccc(S(N)(=O)=O)cc3)c2)o1. The number of benzene rings is 2. The Labute approximate surface area is 157 Å². The highest BCUT2D eigenvalue weighted by atomic mass is 32.2. The van der Waals surface area contributed by atoms with E-state index in [1.807, 2.05) is 0 Å². The van der Waals surface area contributed by atoms with Crippen LogP contribution in [0.15, 0.2) is 62.9 Å². The van der Waals surface area contributed by atoms with Crippen molar-refractivity contribution in [2.24, 2.45) is 5.14 Å². The van der Waals surface area contributed by atoms with Crippen molar-refractivity contribution < 1.29 is 21.3 Å². The predicted octanol–water partition coefficient (Wildman–Crippen LogP) is 2.41. The van der Waals surface area contributed by atoms with Crippen molar-refractivity contribution in [1.82, 2.24) is 4.98 Å². The highest BCUT2D eigenvalue weighted by Gasteiger charge is 2.19. The summed E-state index contributed by atoms with van der Waals surface area (Å²) in [6.45, 7) is 3.37. The lowest BCUT2D eigenvalue weighted by molar-refractivity contribution is 0.534. The van der Waals surface area contributed by atoms with Crippen LogP contribution in [-0.2, 0) is 20.0 Å². The summed E-state index contributed by atoms with van der Waals surface area (Å²) < 4.78 is 56.0. The van der Waals surface area contributed by atoms with Gasteiger partial charge >= 0.3 is 0 Å². The van der Waals surface area contributed by atoms with Gasteiger partial charge in [0.2, 0.25) is 10.0 Å². The standard InChI is InChI=1S/C17H17N3O5S2/c1-11-3-4-13(16-10-19-12(2)25-16)9-17(11)27(23,24)20-14-5-7-15(8-6-14)26(18,21)22/h3-10,20H,1-2H3,(H2,18,21,22). The number of rotatable bonds is 5. The minimum absolute atomic E-state index is 0.0737. The summed E-state index contributed by atoms with van der Waals surface area (Å²) in [7, 11) is -7.76. The molecule has 142 valence electrons. The van der Waals surface area contributed by atoms with Gasteiger partial charge in [0, 0.05) is 18.2 Å². The summed E-state index contributed by atoms with van der Waals surface area (Å²) in [5, 5.41) is 5.04. The van der Waals surface area contributed by atoms with E-state index in [-0.39, 0.29) is 15.5 Å². The first-order chi connectivity index (χ1) is 12.6. The molecule has 0 radical (unpaired) electrons. The van der Waals surface area contributed by atoms with E-state index >= 15 is 0 Å². The van der Waals surface area contributed by atoms with Crippen molar-refractivity contribution in [2.45, 2.75) is 23.6 Å². The normalized spacial score (nSPS) is 12.1. The Hall–Kier alpha value is -2.69. The van der Waals surface area contributed by atoms with Gasteiger partial charge in [-0.05, 0) is 42.8 Å². The lowest BCUT2D eigenvalue weighted by Gasteiger charge is -2.12. The molecule has 1 heterocycles. The molecule has 2 aromatic carbocycles. The molecular formula is C17H17N3O5S2. The molecule has 0 amide bonds. The molecular weight excluding hydrogens is 390 g/mol. The van der Waals surface area contributed by atoms with E-state index in [1.54, 1.807) is 26.0 Å². The van der Waals surface area contributed by atoms with Gasteiger partial charge in [0.25, 0.3) is 10.0 Å². The first kappa shape index (κ1) is 19.1. The van der Waals surface area contributed by atoms with Crippen LogP contribution in [-0.4, -0.2) is 21.8 Å². The van der Waals surface area contributed by atoms with E-state index in [2.05, 4.69) is 9.71 Å². The highest BCUT2D eigenvalue weighted by molar-refractivity contribution is 7.92. The first-order valence-electron chi connectivity index (χ1n) is 7.75. The third-order valence-corrected chi connectivity index (χ3v) is 6.27. The molecule has 10 heteroatoms. The van der Waals surface area contributed by atoms with Gasteiger partial charge in [-0.1, -0.05) is 12.1 Å². The number of aromatic nitrogens is 1. The molecule has 0 aliphatic heterocycles. The van der Waals surface area contributed by atoms with Gasteiger partial charge in [0.15, 0.2) is 11.7 Å². The third-order valence-electron chi connectivity index (χ3n) is 3.82. The van der Waals surface area contributed by atoms with Crippen LogP contribution in [0.2, 0.25) is 0 Å². The monoisotopic (exact) mass is 407 g/mol. The number of primary sulfonamides is 1. The fraction of sp³-hybridized carbons (Fsp3) is 0.118. The van der Waals surface area contributed by atoms with Crippen LogP contribution in [0.5, 0.6) is 0 Å². The second-order valence-electron chi connectivity index (χ2n) is 5.90. The number of sulfonamides is 2. The average Bonchev–Trinajstić information content (AvgIpc) is 3.01. The van der Waals surface area contributed by atoms with Gasteiger partial charge in [-0.25, -0.2) is 27.0 Å². The smallest absolute Gasteiger partial charge is 0.262 e. The van der Waals surface area contributed by atoms with Gasteiger partial charge in [0.1, 0.15) is 0 Å². The van der Waals surface area contributed by atoms with Crippen LogP contribution in [0.3, 0.4) is 0 Å². The predicted molar refractivity (Wildman–Crippen MR) is 100 cm³/mol. The van der Waals surface area contributed by atoms with Crippen molar-refractivity contribution in [3.8, 4) is 11.3 Å². The maximum Gasteiger partial charge on any atom is 0.262 e. The van der Waals surface area contributed by atoms with Crippen molar-refractivity contribution in [3.05, 3.63) is 60.1 Å². The number of nitrogens with two attached hydrogens (primary N) is 1. The summed E-state index contributed by atoms with van der Waals surface area (Å²) in [5.74, 6) is 0.935. The fourth-order valence-corrected chi connectivity index (χ4v) is 4.31. The summed E-state index contributed by atoms with van der Waals surface area (Å²) in [6, 6.07) is 10.0. The highest BCUT2D eigenvalue weighted by Crippen LogP contribution is 2.27. The Morgan fingerprint density at radius 3 is 2.22 bits per heavy atom. The zero-order chi connectivity index (χ0) is 19.8. The molecule has 27 heavy (non-hydrogen) atoms. The Kier molecular flexibility index (Phi) is 4.81. The molecule has 0 unspecified atom stereocenters. The molecule has 0 aliphatic carbocycles. The average molecular weight is 407 g/mol. The zero-order valence-corrected chi connectivity index (χ0v) is 16.1. The second kappa shape index (κ2) is 6.80. The lowest BCUT2D eigenvalue weighted by atomic mass is 10.1. The largest absolute Gasteiger partial charge is 0.441 e. The maximum absolute atomic E-state index is 12.8. The number of hydrogen-bond acceptors (Lipinski definition) is 6. The molecule has 0 spiro atoms. The molecule has 0 saturated carbocycles. The van der Waals surface area contributed by atoms with E-state index in [0.29, 0.717) is 22.8 Å². The Bertz CT molecular complexity index is 1200. The quantitative estimate of drug-likeness (QED) is 0.667. The molecule has 3 rings (SSSR count). The molecule has 0 aliphatic rings.